The van der Waals surface area contributed by atoms with Crippen molar-refractivity contribution >= 4 is 5.71 Å². The Morgan fingerprint density at radius 3 is 2.73 bits per heavy atom. The lowest BCUT2D eigenvalue weighted by molar-refractivity contribution is 0.654. The molecular weight excluding hydrogens is 136 g/mol. The van der Waals surface area contributed by atoms with E-state index in [2.05, 4.69) is 17.1 Å². The van der Waals surface area contributed by atoms with Crippen LogP contribution in [0.1, 0.15) is 32.1 Å². The summed E-state index contributed by atoms with van der Waals surface area (Å²) < 4.78 is 0. The molecule has 0 aromatic heterocycles. The van der Waals surface area contributed by atoms with Crippen molar-refractivity contribution in [2.75, 3.05) is 6.54 Å². The fourth-order valence-electron chi connectivity index (χ4n) is 1.29. The first-order valence-electron chi connectivity index (χ1n) is 4.32. The molecule has 1 saturated carbocycles. The predicted molar refractivity (Wildman–Crippen MR) is 48.7 cm³/mol. The van der Waals surface area contributed by atoms with Gasteiger partial charge in [0.15, 0.2) is 0 Å². The Balaban J connectivity index is 2.20. The largest absolute Gasteiger partial charge is 0.306 e. The molecule has 1 aliphatic rings. The maximum absolute atomic E-state index is 4.27. The molecule has 0 saturated heterocycles. The van der Waals surface area contributed by atoms with Crippen molar-refractivity contribution < 1.29 is 0 Å². The molecule has 62 valence electrons. The topological polar surface area (TPSA) is 24.4 Å². The molecule has 11 heavy (non-hydrogen) atoms. The van der Waals surface area contributed by atoms with E-state index in [0.717, 1.165) is 6.54 Å². The van der Waals surface area contributed by atoms with Gasteiger partial charge in [0.05, 0.1) is 6.54 Å². The molecule has 0 radical (unpaired) electrons. The summed E-state index contributed by atoms with van der Waals surface area (Å²) >= 11 is 0. The summed E-state index contributed by atoms with van der Waals surface area (Å²) in [7, 11) is 0. The summed E-state index contributed by atoms with van der Waals surface area (Å²) in [6.45, 7) is 4.39. The summed E-state index contributed by atoms with van der Waals surface area (Å²) in [5.41, 5.74) is 4.31. The van der Waals surface area contributed by atoms with E-state index in [1.807, 2.05) is 6.08 Å². The maximum atomic E-state index is 4.27. The molecule has 0 spiro atoms. The normalized spacial score (nSPS) is 17.6. The molecule has 2 nitrogen and oxygen atoms in total. The Hall–Kier alpha value is -0.790. The highest BCUT2D eigenvalue weighted by atomic mass is 15.3. The van der Waals surface area contributed by atoms with Crippen LogP contribution >= 0.6 is 0 Å². The minimum atomic E-state index is 0.781. The number of hydrazone groups is 1. The third-order valence-corrected chi connectivity index (χ3v) is 1.90. The molecule has 0 bridgehead atoms. The second kappa shape index (κ2) is 4.94. The van der Waals surface area contributed by atoms with Crippen LogP contribution in [-0.4, -0.2) is 12.3 Å². The molecule has 0 atom stereocenters. The summed E-state index contributed by atoms with van der Waals surface area (Å²) in [6.07, 6.45) is 8.20. The Kier molecular flexibility index (Phi) is 3.73. The van der Waals surface area contributed by atoms with Crippen molar-refractivity contribution in [1.29, 1.82) is 0 Å². The van der Waals surface area contributed by atoms with E-state index in [1.54, 1.807) is 0 Å². The Morgan fingerprint density at radius 1 is 1.36 bits per heavy atom. The van der Waals surface area contributed by atoms with Crippen LogP contribution in [0.25, 0.3) is 0 Å². The minimum Gasteiger partial charge on any atom is -0.306 e. The Labute approximate surface area is 68.4 Å². The van der Waals surface area contributed by atoms with E-state index in [1.165, 1.54) is 37.8 Å². The van der Waals surface area contributed by atoms with E-state index < -0.39 is 0 Å². The average Bonchev–Trinajstić information content (AvgIpc) is 2.07. The van der Waals surface area contributed by atoms with Crippen LogP contribution in [0.15, 0.2) is 17.8 Å². The van der Waals surface area contributed by atoms with Gasteiger partial charge in [0.25, 0.3) is 0 Å². The molecule has 2 heteroatoms. The van der Waals surface area contributed by atoms with Crippen LogP contribution in [0.4, 0.5) is 0 Å². The average molecular weight is 152 g/mol. The Bertz CT molecular complexity index is 142. The molecule has 1 fully saturated rings. The number of rotatable bonds is 3. The summed E-state index contributed by atoms with van der Waals surface area (Å²) in [4.78, 5) is 0. The highest BCUT2D eigenvalue weighted by Gasteiger charge is 2.05. The second-order valence-electron chi connectivity index (χ2n) is 2.89. The van der Waals surface area contributed by atoms with E-state index >= 15 is 0 Å². The molecule has 1 N–H and O–H groups in total. The van der Waals surface area contributed by atoms with Gasteiger partial charge in [-0.3, -0.25) is 0 Å². The van der Waals surface area contributed by atoms with Gasteiger partial charge in [-0.2, -0.15) is 5.10 Å². The first-order chi connectivity index (χ1) is 5.43. The second-order valence-corrected chi connectivity index (χ2v) is 2.89. The lowest BCUT2D eigenvalue weighted by atomic mass is 9.99. The van der Waals surface area contributed by atoms with Gasteiger partial charge in [0.1, 0.15) is 0 Å². The first-order valence-corrected chi connectivity index (χ1v) is 4.32. The van der Waals surface area contributed by atoms with E-state index in [4.69, 9.17) is 0 Å². The smallest absolute Gasteiger partial charge is 0.0507 e. The van der Waals surface area contributed by atoms with Crippen molar-refractivity contribution in [3.63, 3.8) is 0 Å². The van der Waals surface area contributed by atoms with Crippen molar-refractivity contribution in [2.45, 2.75) is 32.1 Å². The molecule has 1 rings (SSSR count). The van der Waals surface area contributed by atoms with Gasteiger partial charge < -0.3 is 5.43 Å². The highest BCUT2D eigenvalue weighted by molar-refractivity contribution is 5.84. The van der Waals surface area contributed by atoms with Gasteiger partial charge in [-0.25, -0.2) is 0 Å². The molecule has 0 unspecified atom stereocenters. The zero-order chi connectivity index (χ0) is 7.94. The van der Waals surface area contributed by atoms with Crippen LogP contribution in [0.5, 0.6) is 0 Å². The fraction of sp³-hybridized carbons (Fsp3) is 0.667. The summed E-state index contributed by atoms with van der Waals surface area (Å²) in [5, 5.41) is 4.27. The summed E-state index contributed by atoms with van der Waals surface area (Å²) in [6, 6.07) is 0. The zero-order valence-corrected chi connectivity index (χ0v) is 6.97. The lowest BCUT2D eigenvalue weighted by Crippen LogP contribution is -2.12. The molecule has 1 aliphatic carbocycles. The van der Waals surface area contributed by atoms with Crippen molar-refractivity contribution in [1.82, 2.24) is 5.43 Å². The van der Waals surface area contributed by atoms with E-state index in [0.29, 0.717) is 0 Å². The third kappa shape index (κ3) is 3.21. The van der Waals surface area contributed by atoms with Crippen molar-refractivity contribution in [2.24, 2.45) is 5.10 Å². The molecule has 0 heterocycles. The molecule has 0 aliphatic heterocycles. The van der Waals surface area contributed by atoms with E-state index in [9.17, 15) is 0 Å². The van der Waals surface area contributed by atoms with Crippen molar-refractivity contribution in [3.05, 3.63) is 12.7 Å². The van der Waals surface area contributed by atoms with E-state index in [-0.39, 0.29) is 0 Å². The quantitative estimate of drug-likeness (QED) is 0.374. The van der Waals surface area contributed by atoms with Crippen LogP contribution < -0.4 is 5.43 Å². The predicted octanol–water partition coefficient (Wildman–Crippen LogP) is 2.08. The highest BCUT2D eigenvalue weighted by Crippen LogP contribution is 2.13. The van der Waals surface area contributed by atoms with Crippen LogP contribution in [-0.2, 0) is 0 Å². The van der Waals surface area contributed by atoms with Gasteiger partial charge in [-0.05, 0) is 25.7 Å². The Morgan fingerprint density at radius 2 is 2.09 bits per heavy atom. The molecular formula is C9H16N2. The van der Waals surface area contributed by atoms with Crippen LogP contribution in [0.2, 0.25) is 0 Å². The molecule has 0 aromatic carbocycles. The monoisotopic (exact) mass is 152 g/mol. The summed E-state index contributed by atoms with van der Waals surface area (Å²) in [5.74, 6) is 0. The molecule has 0 aromatic rings. The number of nitrogens with zero attached hydrogens (tertiary/aromatic N) is 1. The first kappa shape index (κ1) is 8.31. The van der Waals surface area contributed by atoms with Gasteiger partial charge in [-0.1, -0.05) is 12.5 Å². The molecule has 0 amide bonds. The van der Waals surface area contributed by atoms with Gasteiger partial charge in [-0.15, -0.1) is 6.58 Å². The fourth-order valence-corrected chi connectivity index (χ4v) is 1.29. The maximum Gasteiger partial charge on any atom is 0.0507 e. The standard InChI is InChI=1S/C9H16N2/c1-2-8-10-11-9-6-4-3-5-7-9/h2,10H,1,3-8H2. The van der Waals surface area contributed by atoms with Crippen LogP contribution in [0.3, 0.4) is 0 Å². The third-order valence-electron chi connectivity index (χ3n) is 1.90. The number of hydrogen-bond donors (Lipinski definition) is 1. The van der Waals surface area contributed by atoms with Gasteiger partial charge >= 0.3 is 0 Å². The number of nitrogens with one attached hydrogen (secondary N) is 1. The van der Waals surface area contributed by atoms with Crippen molar-refractivity contribution in [3.8, 4) is 0 Å². The number of hydrogen-bond acceptors (Lipinski definition) is 2. The zero-order valence-electron chi connectivity index (χ0n) is 6.97. The minimum absolute atomic E-state index is 0.781. The SMILES string of the molecule is C=CCNN=C1CCCCC1. The van der Waals surface area contributed by atoms with Gasteiger partial charge in [0, 0.05) is 5.71 Å². The van der Waals surface area contributed by atoms with Gasteiger partial charge in [0.2, 0.25) is 0 Å². The lowest BCUT2D eigenvalue weighted by Gasteiger charge is -2.11. The van der Waals surface area contributed by atoms with Crippen LogP contribution in [0, 0.1) is 0 Å².